The fourth-order valence-electron chi connectivity index (χ4n) is 13.0. The third-order valence-electron chi connectivity index (χ3n) is 14.2. The Hall–Kier alpha value is -4.57. The molecule has 4 aliphatic carbocycles. The lowest BCUT2D eigenvalue weighted by molar-refractivity contribution is -0.565. The SMILES string of the molecule is CC(=NCC12CC3(C)CC4(OCCNCCCCO)CC(C)(C1)C324)C(=CN)C1=CC=C(N2CCCC(=C(C)C(N)=Nc3nc4cccc(F)c4s3)C2=N)NC1=C(O)O. The van der Waals surface area contributed by atoms with Crippen molar-refractivity contribution in [3.05, 3.63) is 82.1 Å². The van der Waals surface area contributed by atoms with Crippen molar-refractivity contribution in [3.63, 3.8) is 0 Å². The zero-order chi connectivity index (χ0) is 41.3. The van der Waals surface area contributed by atoms with E-state index in [0.29, 0.717) is 81.7 Å². The Kier molecular flexibility index (Phi) is 10.1. The van der Waals surface area contributed by atoms with Gasteiger partial charge in [-0.05, 0) is 112 Å². The van der Waals surface area contributed by atoms with E-state index < -0.39 is 5.95 Å². The molecule has 2 unspecified atom stereocenters. The number of nitrogens with one attached hydrogen (secondary N) is 3. The number of nitrogens with two attached hydrogens (primary N) is 2. The molecule has 310 valence electrons. The summed E-state index contributed by atoms with van der Waals surface area (Å²) in [6.45, 7) is 12.3. The Morgan fingerprint density at radius 2 is 1.90 bits per heavy atom. The minimum absolute atomic E-state index is 0.0605. The molecule has 2 atom stereocenters. The van der Waals surface area contributed by atoms with Crippen LogP contribution in [-0.2, 0) is 4.74 Å². The van der Waals surface area contributed by atoms with Crippen LogP contribution < -0.4 is 22.1 Å². The normalized spacial score (nSPS) is 32.5. The number of aliphatic imine (C=N–C) groups is 2. The second-order valence-electron chi connectivity index (χ2n) is 17.6. The van der Waals surface area contributed by atoms with Gasteiger partial charge in [0, 0.05) is 65.7 Å². The average molecular weight is 814 g/mol. The van der Waals surface area contributed by atoms with Crippen LogP contribution in [0.25, 0.3) is 10.2 Å². The Bertz CT molecular complexity index is 2250. The van der Waals surface area contributed by atoms with E-state index in [4.69, 9.17) is 26.3 Å². The molecule has 13 nitrogen and oxygen atoms in total. The second kappa shape index (κ2) is 14.6. The van der Waals surface area contributed by atoms with E-state index in [0.717, 1.165) is 63.0 Å². The fourth-order valence-corrected chi connectivity index (χ4v) is 13.8. The van der Waals surface area contributed by atoms with Crippen molar-refractivity contribution < 1.29 is 24.4 Å². The Morgan fingerprint density at radius 3 is 2.57 bits per heavy atom. The maximum Gasteiger partial charge on any atom is 0.299 e. The summed E-state index contributed by atoms with van der Waals surface area (Å²) >= 11 is 1.12. The molecule has 6 aliphatic rings. The summed E-state index contributed by atoms with van der Waals surface area (Å²) < 4.78 is 21.5. The molecule has 0 amide bonds. The highest BCUT2D eigenvalue weighted by Crippen LogP contribution is 3.03. The van der Waals surface area contributed by atoms with Crippen LogP contribution in [-0.4, -0.2) is 87.6 Å². The topological polar surface area (TPSA) is 211 Å². The quantitative estimate of drug-likeness (QED) is 0.0424. The van der Waals surface area contributed by atoms with Crippen LogP contribution in [0.15, 0.2) is 86.3 Å². The first-order valence-electron chi connectivity index (χ1n) is 20.4. The van der Waals surface area contributed by atoms with Crippen molar-refractivity contribution in [2.45, 2.75) is 84.7 Å². The van der Waals surface area contributed by atoms with Crippen LogP contribution in [0.5, 0.6) is 0 Å². The fraction of sp³-hybridized carbons (Fsp3) is 0.535. The zero-order valence-corrected chi connectivity index (χ0v) is 34.7. The van der Waals surface area contributed by atoms with Gasteiger partial charge in [0.2, 0.25) is 5.13 Å². The number of piperidine rings is 1. The Labute approximate surface area is 342 Å². The highest BCUT2D eigenvalue weighted by molar-refractivity contribution is 7.22. The van der Waals surface area contributed by atoms with Crippen molar-refractivity contribution in [1.82, 2.24) is 20.5 Å². The minimum Gasteiger partial charge on any atom is -0.480 e. The van der Waals surface area contributed by atoms with Gasteiger partial charge in [-0.2, -0.15) is 0 Å². The van der Waals surface area contributed by atoms with Crippen LogP contribution in [0.4, 0.5) is 9.52 Å². The third-order valence-corrected chi connectivity index (χ3v) is 15.2. The number of thiazole rings is 1. The van der Waals surface area contributed by atoms with Crippen LogP contribution in [0.3, 0.4) is 0 Å². The third kappa shape index (κ3) is 5.78. The molecule has 1 aromatic carbocycles. The number of dihydropyridines is 1. The van der Waals surface area contributed by atoms with Gasteiger partial charge in [-0.1, -0.05) is 31.3 Å². The molecule has 3 heterocycles. The van der Waals surface area contributed by atoms with E-state index in [2.05, 4.69) is 34.5 Å². The van der Waals surface area contributed by atoms with Crippen molar-refractivity contribution >= 4 is 44.1 Å². The summed E-state index contributed by atoms with van der Waals surface area (Å²) in [5.41, 5.74) is 16.9. The number of likely N-dealkylation sites (tertiary alicyclic amines) is 1. The summed E-state index contributed by atoms with van der Waals surface area (Å²) in [7, 11) is 0. The highest BCUT2D eigenvalue weighted by Gasteiger charge is 3.02. The number of aliphatic hydroxyl groups excluding tert-OH is 2. The molecule has 8 rings (SSSR count). The van der Waals surface area contributed by atoms with E-state index in [-0.39, 0.29) is 57.1 Å². The predicted molar refractivity (Wildman–Crippen MR) is 226 cm³/mol. The van der Waals surface area contributed by atoms with Gasteiger partial charge in [-0.3, -0.25) is 10.4 Å². The molecule has 10 N–H and O–H groups in total. The minimum atomic E-state index is -0.904. The van der Waals surface area contributed by atoms with E-state index in [1.807, 2.05) is 13.8 Å². The summed E-state index contributed by atoms with van der Waals surface area (Å²) in [6, 6.07) is 4.71. The number of halogens is 1. The highest BCUT2D eigenvalue weighted by atomic mass is 32.1. The molecule has 5 fully saturated rings. The zero-order valence-electron chi connectivity index (χ0n) is 33.8. The Morgan fingerprint density at radius 1 is 1.14 bits per heavy atom. The number of fused-ring (bicyclic) bond motifs is 1. The van der Waals surface area contributed by atoms with Gasteiger partial charge in [-0.15, -0.1) is 0 Å². The molecule has 0 radical (unpaired) electrons. The molecule has 1 aromatic heterocycles. The standard InChI is InChI=1S/C43H56FN9O4S/c1-25(35(46)52-38-50-31-11-7-10-30(44)34(31)58-38)27-9-8-16-53(36(27)47)32-13-12-28(33(51-32)37(55)56)29(19-45)26(2)49-24-41-20-39(3)22-42(23-40(4,21-41)43(39,41)42)57-18-15-48-14-5-6-17-54/h7,10-13,19,47-48,51,54-56H,5-6,8-9,14-18,20-24,45H2,1-4H3,(H2,46,50,52). The largest absolute Gasteiger partial charge is 0.480 e. The number of nitrogens with zero attached hydrogens (tertiary/aromatic N) is 4. The van der Waals surface area contributed by atoms with Crippen molar-refractivity contribution in [2.24, 2.45) is 43.1 Å². The summed E-state index contributed by atoms with van der Waals surface area (Å²) in [4.78, 5) is 15.8. The lowest BCUT2D eigenvalue weighted by atomic mass is 9.03. The molecule has 1 spiro atoms. The van der Waals surface area contributed by atoms with Gasteiger partial charge in [-0.25, -0.2) is 14.4 Å². The second-order valence-corrected chi connectivity index (χ2v) is 18.6. The number of aromatic nitrogens is 1. The number of rotatable bonds is 15. The molecule has 4 saturated carbocycles. The van der Waals surface area contributed by atoms with E-state index >= 15 is 0 Å². The number of hydrogen-bond donors (Lipinski definition) is 8. The van der Waals surface area contributed by atoms with Crippen LogP contribution in [0.1, 0.15) is 79.1 Å². The van der Waals surface area contributed by atoms with Gasteiger partial charge in [0.1, 0.15) is 29.0 Å². The summed E-state index contributed by atoms with van der Waals surface area (Å²) in [6.07, 6.45) is 12.5. The molecular formula is C43H56FN9O4S. The smallest absolute Gasteiger partial charge is 0.299 e. The monoisotopic (exact) mass is 813 g/mol. The van der Waals surface area contributed by atoms with Crippen LogP contribution in [0.2, 0.25) is 0 Å². The lowest BCUT2D eigenvalue weighted by Gasteiger charge is -3.02. The molecule has 0 bridgehead atoms. The number of allylic oxidation sites excluding steroid dienone is 3. The summed E-state index contributed by atoms with van der Waals surface area (Å²) in [5, 5.41) is 46.4. The number of unbranched alkanes of at least 4 members (excludes halogenated alkanes) is 1. The maximum absolute atomic E-state index is 14.3. The van der Waals surface area contributed by atoms with Gasteiger partial charge in [0.25, 0.3) is 5.95 Å². The number of aliphatic hydroxyl groups is 3. The molecule has 58 heavy (non-hydrogen) atoms. The van der Waals surface area contributed by atoms with Gasteiger partial charge in [0.15, 0.2) is 0 Å². The van der Waals surface area contributed by atoms with Crippen LogP contribution >= 0.6 is 11.3 Å². The molecule has 15 heteroatoms. The van der Waals surface area contributed by atoms with E-state index in [9.17, 15) is 20.0 Å². The lowest BCUT2D eigenvalue weighted by Crippen LogP contribution is -3.01. The van der Waals surface area contributed by atoms with Gasteiger partial charge >= 0.3 is 0 Å². The molecule has 1 saturated heterocycles. The first-order chi connectivity index (χ1) is 27.7. The van der Waals surface area contributed by atoms with Crippen molar-refractivity contribution in [2.75, 3.05) is 39.4 Å². The predicted octanol–water partition coefficient (Wildman–Crippen LogP) is 6.49. The Balaban J connectivity index is 0.979. The number of benzene rings is 1. The first kappa shape index (κ1) is 40.2. The van der Waals surface area contributed by atoms with E-state index in [1.165, 1.54) is 12.3 Å². The molecular weight excluding hydrogens is 758 g/mol. The number of amidine groups is 2. The van der Waals surface area contributed by atoms with E-state index in [1.54, 1.807) is 29.2 Å². The number of ether oxygens (including phenoxy) is 1. The molecule has 2 aliphatic heterocycles. The van der Waals surface area contributed by atoms with Crippen LogP contribution in [0, 0.1) is 32.9 Å². The van der Waals surface area contributed by atoms with Gasteiger partial charge in [0.05, 0.1) is 22.4 Å². The average Bonchev–Trinajstić information content (AvgIpc) is 3.59. The van der Waals surface area contributed by atoms with Crippen molar-refractivity contribution in [1.29, 1.82) is 5.41 Å². The summed E-state index contributed by atoms with van der Waals surface area (Å²) in [5.74, 6) is -0.379. The van der Waals surface area contributed by atoms with Gasteiger partial charge < -0.3 is 47.1 Å². The first-order valence-corrected chi connectivity index (χ1v) is 21.2. The maximum atomic E-state index is 14.3. The van der Waals surface area contributed by atoms with Crippen molar-refractivity contribution in [3.8, 4) is 0 Å². The number of hydrogen-bond acceptors (Lipinski definition) is 12. The molecule has 2 aromatic rings.